The molecule has 0 bridgehead atoms. The Bertz CT molecular complexity index is 2310. The first kappa shape index (κ1) is 69.8. The predicted octanol–water partition coefficient (Wildman–Crippen LogP) is -4.43. The summed E-state index contributed by atoms with van der Waals surface area (Å²) in [4.78, 5) is 162. The Kier molecular flexibility index (Phi) is 30.5. The summed E-state index contributed by atoms with van der Waals surface area (Å²) in [5.41, 5.74) is 6.26. The molecule has 16 N–H and O–H groups in total. The number of nitrogens with one attached hydrogen (secondary N) is 11. The van der Waals surface area contributed by atoms with Gasteiger partial charge in [0.15, 0.2) is 0 Å². The van der Waals surface area contributed by atoms with Crippen LogP contribution in [0.25, 0.3) is 0 Å². The van der Waals surface area contributed by atoms with Gasteiger partial charge in [0.05, 0.1) is 25.9 Å². The van der Waals surface area contributed by atoms with Gasteiger partial charge < -0.3 is 84.3 Å². The number of hydrogen-bond donors (Lipinski definition) is 15. The van der Waals surface area contributed by atoms with Crippen LogP contribution in [0.2, 0.25) is 0 Å². The number of primary amides is 1. The first-order valence-corrected chi connectivity index (χ1v) is 27.4. The third kappa shape index (κ3) is 22.3. The fraction of sp³-hybridized carbons (Fsp3) is 0.660. The summed E-state index contributed by atoms with van der Waals surface area (Å²) >= 11 is 0. The van der Waals surface area contributed by atoms with Crippen LogP contribution in [0.15, 0.2) is 30.3 Å². The Morgan fingerprint density at radius 2 is 1.10 bits per heavy atom. The molecule has 1 aliphatic rings. The highest BCUT2D eigenvalue weighted by molar-refractivity contribution is 5.99. The van der Waals surface area contributed by atoms with Crippen LogP contribution in [-0.2, 0) is 68.7 Å². The molecule has 0 saturated carbocycles. The molecule has 28 nitrogen and oxygen atoms in total. The number of cyclic esters (lactones) is 1. The normalized spacial score (nSPS) is 21.1. The highest BCUT2D eigenvalue weighted by Crippen LogP contribution is 2.15. The molecule has 454 valence electrons. The molecular weight excluding hydrogens is 1060 g/mol. The van der Waals surface area contributed by atoms with E-state index in [9.17, 15) is 72.9 Å². The molecule has 2 rings (SSSR count). The van der Waals surface area contributed by atoms with Crippen LogP contribution in [0.4, 0.5) is 0 Å². The molecule has 1 aromatic rings. The van der Waals surface area contributed by atoms with Gasteiger partial charge in [0.25, 0.3) is 0 Å². The van der Waals surface area contributed by atoms with Crippen molar-refractivity contribution in [3.63, 3.8) is 0 Å². The zero-order valence-corrected chi connectivity index (χ0v) is 47.7. The van der Waals surface area contributed by atoms with E-state index in [1.54, 1.807) is 48.6 Å². The second kappa shape index (κ2) is 35.4. The zero-order valence-electron chi connectivity index (χ0n) is 47.7. The van der Waals surface area contributed by atoms with Crippen molar-refractivity contribution in [1.29, 1.82) is 0 Å². The van der Waals surface area contributed by atoms with Crippen LogP contribution in [0.5, 0.6) is 0 Å². The summed E-state index contributed by atoms with van der Waals surface area (Å²) in [6.07, 6.45) is -0.604. The highest BCUT2D eigenvalue weighted by Gasteiger charge is 2.40. The van der Waals surface area contributed by atoms with E-state index in [0.717, 1.165) is 5.56 Å². The standard InChI is InChI=1S/C53H86N12O16/c1-10-17-32(58-47(74)35(55-9)23-31-19-15-14-16-20-31)44(71)61-36(24-66)48(75)59-34(21-22-39(54)69)45(72)57-33(18-11-2)46(73)63-40(27(5)12-3)51(78)62-38(26-68)50(77)65-42-30(8)81-53(80)41(28(6)13-4)64-49(76)37(25-67)60-43(70)29(7)56-52(42)79/h14-16,19-20,27-30,32-38,40-42,55,66-68H,10-13,17-18,21-26H2,1-9H3,(H2,54,69)(H,56,79)(H,57,72)(H,58,74)(H,59,75)(H,60,70)(H,61,71)(H,62,78)(H,63,73)(H,64,76)(H,65,77)/t27-,28-,29-,30-,32-,33+,34+,35+,36-,37-,38-,40-,41-,42+/m0/s1. The summed E-state index contributed by atoms with van der Waals surface area (Å²) < 4.78 is 5.59. The molecule has 0 spiro atoms. The van der Waals surface area contributed by atoms with E-state index < -0.39 is 188 Å². The second-order valence-corrected chi connectivity index (χ2v) is 20.1. The van der Waals surface area contributed by atoms with E-state index in [1.807, 2.05) is 30.3 Å². The molecule has 81 heavy (non-hydrogen) atoms. The lowest BCUT2D eigenvalue weighted by Gasteiger charge is -2.30. The summed E-state index contributed by atoms with van der Waals surface area (Å²) in [7, 11) is 1.59. The molecule has 0 radical (unpaired) electrons. The molecule has 14 atom stereocenters. The lowest BCUT2D eigenvalue weighted by Crippen LogP contribution is -2.63. The van der Waals surface area contributed by atoms with E-state index >= 15 is 0 Å². The molecule has 0 aliphatic carbocycles. The van der Waals surface area contributed by atoms with Crippen LogP contribution < -0.4 is 64.2 Å². The van der Waals surface area contributed by atoms with Crippen molar-refractivity contribution < 1.29 is 77.6 Å². The minimum Gasteiger partial charge on any atom is -0.458 e. The van der Waals surface area contributed by atoms with Crippen molar-refractivity contribution >= 4 is 70.9 Å². The van der Waals surface area contributed by atoms with E-state index in [1.165, 1.54) is 13.8 Å². The number of nitrogens with two attached hydrogens (primary N) is 1. The van der Waals surface area contributed by atoms with Crippen molar-refractivity contribution in [3.8, 4) is 0 Å². The van der Waals surface area contributed by atoms with Gasteiger partial charge in [0, 0.05) is 6.42 Å². The SMILES string of the molecule is CCC[C@H](NC(=O)[C@@H](Cc1ccccc1)NC)C(=O)N[C@@H](CO)C(=O)N[C@H](CCC(N)=O)C(=O)N[C@H](CCC)C(=O)N[C@H](C(=O)N[C@@H](CO)C(=O)N[C@H]1C(=O)N[C@@H](C)C(=O)N[C@@H](CO)C(=O)N[C@@H]([C@@H](C)CC)C(=O)O[C@H]1C)[C@@H](C)CC. The predicted molar refractivity (Wildman–Crippen MR) is 292 cm³/mol. The molecule has 1 aromatic carbocycles. The zero-order chi connectivity index (χ0) is 61.1. The molecule has 1 heterocycles. The molecule has 1 aliphatic heterocycles. The second-order valence-electron chi connectivity index (χ2n) is 20.1. The molecule has 11 amide bonds. The molecule has 28 heteroatoms. The number of rotatable bonds is 31. The summed E-state index contributed by atoms with van der Waals surface area (Å²) in [5.74, 6) is -12.4. The van der Waals surface area contributed by atoms with Gasteiger partial charge in [-0.3, -0.25) is 52.7 Å². The maximum atomic E-state index is 14.1. The van der Waals surface area contributed by atoms with Gasteiger partial charge in [-0.05, 0) is 64.0 Å². The fourth-order valence-corrected chi connectivity index (χ4v) is 8.30. The first-order chi connectivity index (χ1) is 38.3. The lowest BCUT2D eigenvalue weighted by molar-refractivity contribution is -0.157. The molecule has 1 fully saturated rings. The number of aliphatic hydroxyl groups excluding tert-OH is 3. The van der Waals surface area contributed by atoms with Crippen LogP contribution in [0.3, 0.4) is 0 Å². The van der Waals surface area contributed by atoms with Crippen molar-refractivity contribution in [2.75, 3.05) is 26.9 Å². The number of aliphatic hydroxyl groups is 3. The fourth-order valence-electron chi connectivity index (χ4n) is 8.30. The van der Waals surface area contributed by atoms with Crippen molar-refractivity contribution in [1.82, 2.24) is 58.5 Å². The van der Waals surface area contributed by atoms with Gasteiger partial charge in [0.2, 0.25) is 65.0 Å². The summed E-state index contributed by atoms with van der Waals surface area (Å²) in [5, 5.41) is 58.0. The Morgan fingerprint density at radius 1 is 0.605 bits per heavy atom. The van der Waals surface area contributed by atoms with Gasteiger partial charge in [-0.2, -0.15) is 0 Å². The van der Waals surface area contributed by atoms with E-state index in [-0.39, 0.29) is 25.7 Å². The summed E-state index contributed by atoms with van der Waals surface area (Å²) in [6.45, 7) is 9.67. The maximum Gasteiger partial charge on any atom is 0.329 e. The number of hydrogen-bond acceptors (Lipinski definition) is 17. The average Bonchev–Trinajstić information content (AvgIpc) is 3.44. The number of carbonyl (C=O) groups excluding carboxylic acids is 12. The molecule has 1 saturated heterocycles. The van der Waals surface area contributed by atoms with Gasteiger partial charge in [0.1, 0.15) is 66.5 Å². The van der Waals surface area contributed by atoms with Crippen LogP contribution in [-0.4, -0.2) is 186 Å². The Hall–Kier alpha value is -7.30. The van der Waals surface area contributed by atoms with E-state index in [4.69, 9.17) is 10.5 Å². The number of carbonyl (C=O) groups is 12. The molecular formula is C53H86N12O16. The average molecular weight is 1150 g/mol. The largest absolute Gasteiger partial charge is 0.458 e. The van der Waals surface area contributed by atoms with Gasteiger partial charge in [-0.25, -0.2) is 4.79 Å². The smallest absolute Gasteiger partial charge is 0.329 e. The Balaban J connectivity index is 2.34. The van der Waals surface area contributed by atoms with E-state index in [2.05, 4.69) is 58.5 Å². The molecule has 0 unspecified atom stereocenters. The van der Waals surface area contributed by atoms with Crippen molar-refractivity contribution in [2.45, 2.75) is 186 Å². The van der Waals surface area contributed by atoms with Crippen LogP contribution >= 0.6 is 0 Å². The third-order valence-corrected chi connectivity index (χ3v) is 13.8. The van der Waals surface area contributed by atoms with E-state index in [0.29, 0.717) is 19.3 Å². The summed E-state index contributed by atoms with van der Waals surface area (Å²) in [6, 6.07) is -6.63. The number of esters is 1. The van der Waals surface area contributed by atoms with Crippen molar-refractivity contribution in [3.05, 3.63) is 35.9 Å². The lowest BCUT2D eigenvalue weighted by atomic mass is 9.97. The number of amides is 11. The van der Waals surface area contributed by atoms with Crippen LogP contribution in [0.1, 0.15) is 112 Å². The Labute approximate surface area is 471 Å². The van der Waals surface area contributed by atoms with Gasteiger partial charge in [-0.1, -0.05) is 97.6 Å². The minimum atomic E-state index is -1.82. The Morgan fingerprint density at radius 3 is 1.59 bits per heavy atom. The first-order valence-electron chi connectivity index (χ1n) is 27.4. The topological polar surface area (TPSA) is 433 Å². The minimum absolute atomic E-state index is 0.0385. The number of benzene rings is 1. The molecule has 0 aromatic heterocycles. The maximum absolute atomic E-state index is 14.1. The number of ether oxygens (including phenoxy) is 1. The quantitative estimate of drug-likeness (QED) is 0.0312. The van der Waals surface area contributed by atoms with Gasteiger partial charge in [-0.15, -0.1) is 0 Å². The van der Waals surface area contributed by atoms with Gasteiger partial charge >= 0.3 is 5.97 Å². The monoisotopic (exact) mass is 1150 g/mol. The number of likely N-dealkylation sites (N-methyl/N-ethyl adjacent to an activating group) is 1. The van der Waals surface area contributed by atoms with Crippen molar-refractivity contribution in [2.24, 2.45) is 17.6 Å². The highest BCUT2D eigenvalue weighted by atomic mass is 16.5. The third-order valence-electron chi connectivity index (χ3n) is 13.8. The van der Waals surface area contributed by atoms with Crippen LogP contribution in [0, 0.1) is 11.8 Å².